The van der Waals surface area contributed by atoms with E-state index in [-0.39, 0.29) is 17.9 Å². The molecule has 1 spiro atoms. The maximum Gasteiger partial charge on any atom is 0.225 e. The molecule has 4 fully saturated rings. The van der Waals surface area contributed by atoms with Crippen molar-refractivity contribution in [1.29, 1.82) is 0 Å². The molecule has 0 unspecified atom stereocenters. The van der Waals surface area contributed by atoms with E-state index in [2.05, 4.69) is 76.2 Å². The van der Waals surface area contributed by atoms with Gasteiger partial charge in [0.2, 0.25) is 5.91 Å². The maximum atomic E-state index is 13.1. The minimum atomic E-state index is -0.226. The first-order chi connectivity index (χ1) is 19.4. The van der Waals surface area contributed by atoms with Crippen LogP contribution < -0.4 is 9.80 Å². The highest BCUT2D eigenvalue weighted by Crippen LogP contribution is 2.43. The summed E-state index contributed by atoms with van der Waals surface area (Å²) >= 11 is 0. The average Bonchev–Trinajstić information content (AvgIpc) is 3.37. The Bertz CT molecular complexity index is 1350. The number of aliphatic hydroxyl groups excluding tert-OH is 1. The SMILES string of the molecule is CC(C)N1CC2(CN(c3ccc(-c4cc5c(N6CCN(C(=O)C7CCC(O)CC7)CC6)ccnn5c4)cc3)C2)C1. The van der Waals surface area contributed by atoms with Gasteiger partial charge in [-0.25, -0.2) is 4.52 Å². The van der Waals surface area contributed by atoms with Crippen molar-refractivity contribution in [2.24, 2.45) is 11.3 Å². The molecule has 0 atom stereocenters. The molecule has 1 aromatic carbocycles. The highest BCUT2D eigenvalue weighted by atomic mass is 16.3. The molecule has 3 saturated heterocycles. The minimum absolute atomic E-state index is 0.0813. The van der Waals surface area contributed by atoms with Crippen LogP contribution in [0, 0.1) is 11.3 Å². The fourth-order valence-corrected chi connectivity index (χ4v) is 7.37. The third kappa shape index (κ3) is 4.65. The number of amides is 1. The molecule has 4 aliphatic rings. The number of likely N-dealkylation sites (tertiary alicyclic amines) is 1. The van der Waals surface area contributed by atoms with Crippen LogP contribution >= 0.6 is 0 Å². The first kappa shape index (κ1) is 25.8. The normalized spacial score (nSPS) is 24.9. The first-order valence-electron chi connectivity index (χ1n) is 15.2. The van der Waals surface area contributed by atoms with Crippen LogP contribution in [0.4, 0.5) is 11.4 Å². The van der Waals surface area contributed by atoms with E-state index in [0.717, 1.165) is 57.4 Å². The summed E-state index contributed by atoms with van der Waals surface area (Å²) in [5, 5.41) is 14.4. The second kappa shape index (κ2) is 10.1. The van der Waals surface area contributed by atoms with Crippen LogP contribution in [-0.2, 0) is 4.79 Å². The van der Waals surface area contributed by atoms with E-state index in [1.165, 1.54) is 48.7 Å². The lowest BCUT2D eigenvalue weighted by Gasteiger charge is -2.62. The highest BCUT2D eigenvalue weighted by Gasteiger charge is 2.52. The molecule has 0 bridgehead atoms. The van der Waals surface area contributed by atoms with Crippen LogP contribution in [0.1, 0.15) is 39.5 Å². The average molecular weight is 543 g/mol. The summed E-state index contributed by atoms with van der Waals surface area (Å²) in [5.74, 6) is 0.358. The molecule has 0 radical (unpaired) electrons. The Morgan fingerprint density at radius 2 is 1.60 bits per heavy atom. The van der Waals surface area contributed by atoms with Gasteiger partial charge in [0.05, 0.1) is 17.3 Å². The highest BCUT2D eigenvalue weighted by molar-refractivity contribution is 5.82. The molecule has 1 aliphatic carbocycles. The quantitative estimate of drug-likeness (QED) is 0.530. The summed E-state index contributed by atoms with van der Waals surface area (Å²) in [6.45, 7) is 12.5. The second-order valence-corrected chi connectivity index (χ2v) is 13.0. The van der Waals surface area contributed by atoms with Gasteiger partial charge >= 0.3 is 0 Å². The molecule has 1 amide bonds. The van der Waals surface area contributed by atoms with Gasteiger partial charge in [0.15, 0.2) is 0 Å². The van der Waals surface area contributed by atoms with Gasteiger partial charge in [-0.1, -0.05) is 12.1 Å². The van der Waals surface area contributed by atoms with Gasteiger partial charge in [-0.3, -0.25) is 9.69 Å². The number of carbonyl (C=O) groups is 1. The molecule has 7 rings (SSSR count). The lowest BCUT2D eigenvalue weighted by atomic mass is 9.72. The number of carbonyl (C=O) groups excluding carboxylic acids is 1. The Labute approximate surface area is 237 Å². The summed E-state index contributed by atoms with van der Waals surface area (Å²) in [6.07, 6.45) is 6.90. The molecule has 3 aromatic rings. The van der Waals surface area contributed by atoms with Gasteiger partial charge in [-0.2, -0.15) is 5.10 Å². The van der Waals surface area contributed by atoms with E-state index >= 15 is 0 Å². The van der Waals surface area contributed by atoms with Gasteiger partial charge in [-0.15, -0.1) is 0 Å². The molecular formula is C32H42N6O2. The molecule has 1 saturated carbocycles. The van der Waals surface area contributed by atoms with Gasteiger partial charge < -0.3 is 19.8 Å². The van der Waals surface area contributed by atoms with Crippen molar-refractivity contribution in [3.05, 3.63) is 48.8 Å². The molecule has 5 heterocycles. The van der Waals surface area contributed by atoms with E-state index in [4.69, 9.17) is 0 Å². The zero-order valence-corrected chi connectivity index (χ0v) is 23.9. The van der Waals surface area contributed by atoms with Crippen molar-refractivity contribution in [3.63, 3.8) is 0 Å². The first-order valence-corrected chi connectivity index (χ1v) is 15.2. The third-order valence-electron chi connectivity index (χ3n) is 9.89. The lowest BCUT2D eigenvalue weighted by molar-refractivity contribution is -0.137. The van der Waals surface area contributed by atoms with Crippen molar-refractivity contribution in [3.8, 4) is 11.1 Å². The smallest absolute Gasteiger partial charge is 0.225 e. The van der Waals surface area contributed by atoms with Gasteiger partial charge in [0.1, 0.15) is 0 Å². The monoisotopic (exact) mass is 542 g/mol. The Balaban J connectivity index is 0.997. The standard InChI is InChI=1S/C32H42N6O2/c1-23(2)36-19-32(20-36)21-37(22-32)27-7-3-24(4-8-27)26-17-30-29(11-12-33-38(30)18-26)34-13-15-35(16-14-34)31(40)25-5-9-28(39)10-6-25/h3-4,7-8,11-12,17-18,23,25,28,39H,5-6,9-10,13-16,19-22H2,1-2H3. The van der Waals surface area contributed by atoms with E-state index in [0.29, 0.717) is 11.5 Å². The largest absolute Gasteiger partial charge is 0.393 e. The van der Waals surface area contributed by atoms with Crippen LogP contribution in [0.2, 0.25) is 0 Å². The number of piperazine rings is 1. The number of rotatable bonds is 5. The van der Waals surface area contributed by atoms with Crippen molar-refractivity contribution >= 4 is 22.8 Å². The van der Waals surface area contributed by atoms with E-state index in [9.17, 15) is 9.90 Å². The number of aromatic nitrogens is 2. The Morgan fingerprint density at radius 1 is 0.900 bits per heavy atom. The maximum absolute atomic E-state index is 13.1. The lowest BCUT2D eigenvalue weighted by Crippen LogP contribution is -2.73. The molecule has 3 aliphatic heterocycles. The Morgan fingerprint density at radius 3 is 2.27 bits per heavy atom. The topological polar surface area (TPSA) is 67.6 Å². The fraction of sp³-hybridized carbons (Fsp3) is 0.562. The van der Waals surface area contributed by atoms with Crippen molar-refractivity contribution in [2.75, 3.05) is 62.2 Å². The van der Waals surface area contributed by atoms with Crippen LogP contribution in [0.15, 0.2) is 48.8 Å². The van der Waals surface area contributed by atoms with Crippen molar-refractivity contribution in [1.82, 2.24) is 19.4 Å². The number of hydrogen-bond donors (Lipinski definition) is 1. The fourth-order valence-electron chi connectivity index (χ4n) is 7.37. The van der Waals surface area contributed by atoms with Crippen LogP contribution in [0.25, 0.3) is 16.6 Å². The summed E-state index contributed by atoms with van der Waals surface area (Å²) in [6, 6.07) is 14.0. The number of benzene rings is 1. The van der Waals surface area contributed by atoms with Gasteiger partial charge in [0.25, 0.3) is 0 Å². The van der Waals surface area contributed by atoms with E-state index in [1.807, 2.05) is 15.6 Å². The van der Waals surface area contributed by atoms with E-state index in [1.54, 1.807) is 0 Å². The number of nitrogens with zero attached hydrogens (tertiary/aromatic N) is 6. The van der Waals surface area contributed by atoms with Crippen LogP contribution in [0.5, 0.6) is 0 Å². The molecule has 1 N–H and O–H groups in total. The molecular weight excluding hydrogens is 500 g/mol. The second-order valence-electron chi connectivity index (χ2n) is 13.0. The zero-order valence-electron chi connectivity index (χ0n) is 23.9. The minimum Gasteiger partial charge on any atom is -0.393 e. The van der Waals surface area contributed by atoms with Gasteiger partial charge in [0, 0.05) is 93.4 Å². The number of fused-ring (bicyclic) bond motifs is 1. The van der Waals surface area contributed by atoms with Crippen molar-refractivity contribution in [2.45, 2.75) is 51.7 Å². The van der Waals surface area contributed by atoms with Crippen molar-refractivity contribution < 1.29 is 9.90 Å². The zero-order chi connectivity index (χ0) is 27.4. The number of anilines is 2. The summed E-state index contributed by atoms with van der Waals surface area (Å²) < 4.78 is 1.99. The molecule has 2 aromatic heterocycles. The third-order valence-corrected chi connectivity index (χ3v) is 9.89. The molecule has 8 heteroatoms. The number of aliphatic hydroxyl groups is 1. The van der Waals surface area contributed by atoms with Crippen LogP contribution in [-0.4, -0.2) is 94.9 Å². The Hall–Kier alpha value is -3.10. The van der Waals surface area contributed by atoms with E-state index < -0.39 is 0 Å². The van der Waals surface area contributed by atoms with Gasteiger partial charge in [-0.05, 0) is 69.4 Å². The Kier molecular flexibility index (Phi) is 6.50. The summed E-state index contributed by atoms with van der Waals surface area (Å²) in [4.78, 5) is 22.6. The number of hydrogen-bond acceptors (Lipinski definition) is 6. The molecule has 212 valence electrons. The summed E-state index contributed by atoms with van der Waals surface area (Å²) in [7, 11) is 0. The predicted octanol–water partition coefficient (Wildman–Crippen LogP) is 3.73. The predicted molar refractivity (Wildman–Crippen MR) is 159 cm³/mol. The molecule has 8 nitrogen and oxygen atoms in total. The summed E-state index contributed by atoms with van der Waals surface area (Å²) in [5.41, 5.74) is 6.49. The van der Waals surface area contributed by atoms with Crippen LogP contribution in [0.3, 0.4) is 0 Å². The molecule has 40 heavy (non-hydrogen) atoms.